The van der Waals surface area contributed by atoms with Gasteiger partial charge in [0.25, 0.3) is 5.56 Å². The van der Waals surface area contributed by atoms with Gasteiger partial charge < -0.3 is 10.2 Å². The molecule has 2 heterocycles. The van der Waals surface area contributed by atoms with Crippen LogP contribution in [0.4, 0.5) is 5.69 Å². The van der Waals surface area contributed by atoms with Crippen LogP contribution in [0, 0.1) is 0 Å². The maximum atomic E-state index is 11.7. The number of anilines is 1. The Morgan fingerprint density at radius 3 is 2.78 bits per heavy atom. The maximum Gasteiger partial charge on any atom is 0.287 e. The van der Waals surface area contributed by atoms with E-state index in [0.29, 0.717) is 6.04 Å². The molecule has 1 N–H and O–H groups in total. The standard InChI is InChI=1S/C12H19ClN4O/c1-3-14-9-4-6-17(7-5-9)10-8-15-16(2)12(18)11(10)13/h8-9,14H,3-7H2,1-2H3. The summed E-state index contributed by atoms with van der Waals surface area (Å²) in [7, 11) is 1.61. The summed E-state index contributed by atoms with van der Waals surface area (Å²) in [5.41, 5.74) is 0.526. The van der Waals surface area contributed by atoms with Crippen molar-refractivity contribution in [2.45, 2.75) is 25.8 Å². The van der Waals surface area contributed by atoms with Gasteiger partial charge in [-0.2, -0.15) is 5.10 Å². The number of hydrogen-bond acceptors (Lipinski definition) is 4. The van der Waals surface area contributed by atoms with Gasteiger partial charge in [-0.1, -0.05) is 18.5 Å². The van der Waals surface area contributed by atoms with Gasteiger partial charge in [0, 0.05) is 26.2 Å². The van der Waals surface area contributed by atoms with Crippen molar-refractivity contribution >= 4 is 17.3 Å². The molecule has 0 unspecified atom stereocenters. The van der Waals surface area contributed by atoms with Crippen molar-refractivity contribution in [1.82, 2.24) is 15.1 Å². The quantitative estimate of drug-likeness (QED) is 0.891. The monoisotopic (exact) mass is 270 g/mol. The minimum Gasteiger partial charge on any atom is -0.369 e. The fraction of sp³-hybridized carbons (Fsp3) is 0.667. The Labute approximate surface area is 112 Å². The Morgan fingerprint density at radius 1 is 1.50 bits per heavy atom. The van der Waals surface area contributed by atoms with E-state index < -0.39 is 0 Å². The van der Waals surface area contributed by atoms with Crippen LogP contribution >= 0.6 is 11.6 Å². The molecule has 1 aromatic heterocycles. The van der Waals surface area contributed by atoms with Crippen LogP contribution in [0.15, 0.2) is 11.0 Å². The van der Waals surface area contributed by atoms with E-state index in [-0.39, 0.29) is 10.6 Å². The van der Waals surface area contributed by atoms with E-state index in [4.69, 9.17) is 11.6 Å². The summed E-state index contributed by atoms with van der Waals surface area (Å²) < 4.78 is 1.26. The highest BCUT2D eigenvalue weighted by molar-refractivity contribution is 6.33. The highest BCUT2D eigenvalue weighted by Gasteiger charge is 2.21. The first-order chi connectivity index (χ1) is 8.63. The van der Waals surface area contributed by atoms with Gasteiger partial charge in [0.1, 0.15) is 5.02 Å². The van der Waals surface area contributed by atoms with Crippen molar-refractivity contribution in [3.05, 3.63) is 21.6 Å². The molecule has 0 bridgehead atoms. The topological polar surface area (TPSA) is 50.2 Å². The molecule has 1 aliphatic heterocycles. The molecule has 1 saturated heterocycles. The fourth-order valence-electron chi connectivity index (χ4n) is 2.34. The molecular formula is C12H19ClN4O. The lowest BCUT2D eigenvalue weighted by Gasteiger charge is -2.34. The van der Waals surface area contributed by atoms with Gasteiger partial charge in [0.05, 0.1) is 11.9 Å². The Kier molecular flexibility index (Phi) is 4.24. The third kappa shape index (κ3) is 2.67. The normalized spacial score (nSPS) is 17.2. The molecule has 2 rings (SSSR count). The van der Waals surface area contributed by atoms with E-state index in [1.54, 1.807) is 13.2 Å². The Morgan fingerprint density at radius 2 is 2.17 bits per heavy atom. The van der Waals surface area contributed by atoms with Crippen molar-refractivity contribution in [2.75, 3.05) is 24.5 Å². The summed E-state index contributed by atoms with van der Waals surface area (Å²) >= 11 is 6.10. The highest BCUT2D eigenvalue weighted by atomic mass is 35.5. The van der Waals surface area contributed by atoms with Crippen LogP contribution in [0.2, 0.25) is 5.02 Å². The highest BCUT2D eigenvalue weighted by Crippen LogP contribution is 2.24. The van der Waals surface area contributed by atoms with Crippen LogP contribution in [0.5, 0.6) is 0 Å². The zero-order chi connectivity index (χ0) is 13.1. The van der Waals surface area contributed by atoms with E-state index in [9.17, 15) is 4.79 Å². The minimum absolute atomic E-state index is 0.233. The van der Waals surface area contributed by atoms with Crippen LogP contribution in [-0.2, 0) is 7.05 Å². The molecule has 0 amide bonds. The van der Waals surface area contributed by atoms with Crippen molar-refractivity contribution in [2.24, 2.45) is 7.05 Å². The molecular weight excluding hydrogens is 252 g/mol. The van der Waals surface area contributed by atoms with Gasteiger partial charge in [-0.15, -0.1) is 0 Å². The van der Waals surface area contributed by atoms with Crippen LogP contribution in [0.3, 0.4) is 0 Å². The molecule has 1 aliphatic rings. The predicted octanol–water partition coefficient (Wildman–Crippen LogP) is 1.01. The molecule has 0 aliphatic carbocycles. The lowest BCUT2D eigenvalue weighted by atomic mass is 10.0. The van der Waals surface area contributed by atoms with Gasteiger partial charge >= 0.3 is 0 Å². The number of hydrogen-bond donors (Lipinski definition) is 1. The van der Waals surface area contributed by atoms with Gasteiger partial charge in [-0.25, -0.2) is 4.68 Å². The van der Waals surface area contributed by atoms with E-state index >= 15 is 0 Å². The molecule has 100 valence electrons. The number of aromatic nitrogens is 2. The first kappa shape index (κ1) is 13.4. The molecule has 5 nitrogen and oxygen atoms in total. The Bertz CT molecular complexity index is 466. The Hall–Kier alpha value is -1.07. The number of halogens is 1. The second kappa shape index (κ2) is 5.71. The van der Waals surface area contributed by atoms with Crippen molar-refractivity contribution in [3.63, 3.8) is 0 Å². The van der Waals surface area contributed by atoms with Crippen molar-refractivity contribution < 1.29 is 0 Å². The van der Waals surface area contributed by atoms with Crippen LogP contribution in [-0.4, -0.2) is 35.5 Å². The van der Waals surface area contributed by atoms with Crippen LogP contribution < -0.4 is 15.8 Å². The van der Waals surface area contributed by atoms with E-state index in [2.05, 4.69) is 22.2 Å². The van der Waals surface area contributed by atoms with Crippen LogP contribution in [0.25, 0.3) is 0 Å². The molecule has 0 saturated carbocycles. The smallest absolute Gasteiger partial charge is 0.287 e. The second-order valence-electron chi connectivity index (χ2n) is 4.59. The number of nitrogens with one attached hydrogen (secondary N) is 1. The number of nitrogens with zero attached hydrogens (tertiary/aromatic N) is 3. The number of rotatable bonds is 3. The molecule has 18 heavy (non-hydrogen) atoms. The predicted molar refractivity (Wildman–Crippen MR) is 73.4 cm³/mol. The van der Waals surface area contributed by atoms with Crippen LogP contribution in [0.1, 0.15) is 19.8 Å². The lowest BCUT2D eigenvalue weighted by Crippen LogP contribution is -2.43. The summed E-state index contributed by atoms with van der Waals surface area (Å²) in [5, 5.41) is 7.76. The maximum absolute atomic E-state index is 11.7. The van der Waals surface area contributed by atoms with Gasteiger partial charge in [0.2, 0.25) is 0 Å². The van der Waals surface area contributed by atoms with E-state index in [1.807, 2.05) is 0 Å². The largest absolute Gasteiger partial charge is 0.369 e. The van der Waals surface area contributed by atoms with E-state index in [1.165, 1.54) is 4.68 Å². The zero-order valence-electron chi connectivity index (χ0n) is 10.8. The molecule has 6 heteroatoms. The zero-order valence-corrected chi connectivity index (χ0v) is 11.6. The van der Waals surface area contributed by atoms with E-state index in [0.717, 1.165) is 38.2 Å². The number of aryl methyl sites for hydroxylation is 1. The average molecular weight is 271 g/mol. The average Bonchev–Trinajstić information content (AvgIpc) is 2.38. The van der Waals surface area contributed by atoms with Gasteiger partial charge in [0.15, 0.2) is 0 Å². The van der Waals surface area contributed by atoms with Crippen molar-refractivity contribution in [3.8, 4) is 0 Å². The molecule has 0 atom stereocenters. The molecule has 0 spiro atoms. The Balaban J connectivity index is 2.10. The summed E-state index contributed by atoms with van der Waals surface area (Å²) in [6.45, 7) is 4.94. The SMILES string of the molecule is CCNC1CCN(c2cnn(C)c(=O)c2Cl)CC1. The summed E-state index contributed by atoms with van der Waals surface area (Å²) in [6.07, 6.45) is 3.82. The fourth-order valence-corrected chi connectivity index (χ4v) is 2.63. The van der Waals surface area contributed by atoms with Gasteiger partial charge in [-0.05, 0) is 19.4 Å². The summed E-state index contributed by atoms with van der Waals surface area (Å²) in [5.74, 6) is 0. The number of piperidine rings is 1. The van der Waals surface area contributed by atoms with Gasteiger partial charge in [-0.3, -0.25) is 4.79 Å². The molecule has 0 aromatic carbocycles. The summed E-state index contributed by atoms with van der Waals surface area (Å²) in [4.78, 5) is 13.9. The first-order valence-corrected chi connectivity index (χ1v) is 6.71. The summed E-state index contributed by atoms with van der Waals surface area (Å²) in [6, 6.07) is 0.574. The third-order valence-electron chi connectivity index (χ3n) is 3.39. The molecule has 1 fully saturated rings. The second-order valence-corrected chi connectivity index (χ2v) is 4.97. The molecule has 0 radical (unpaired) electrons. The molecule has 1 aromatic rings. The lowest BCUT2D eigenvalue weighted by molar-refractivity contribution is 0.423. The first-order valence-electron chi connectivity index (χ1n) is 6.33. The van der Waals surface area contributed by atoms with Crippen molar-refractivity contribution in [1.29, 1.82) is 0 Å². The minimum atomic E-state index is -0.233. The third-order valence-corrected chi connectivity index (χ3v) is 3.74.